The van der Waals surface area contributed by atoms with Gasteiger partial charge in [-0.1, -0.05) is 51.2 Å². The van der Waals surface area contributed by atoms with E-state index >= 15 is 0 Å². The minimum atomic E-state index is 1.02. The van der Waals surface area contributed by atoms with E-state index in [1.807, 2.05) is 17.4 Å². The quantitative estimate of drug-likeness (QED) is 0.451. The van der Waals surface area contributed by atoms with Crippen LogP contribution in [0.5, 0.6) is 0 Å². The van der Waals surface area contributed by atoms with E-state index in [2.05, 4.69) is 39.2 Å². The topological polar surface area (TPSA) is 25.8 Å². The Morgan fingerprint density at radius 1 is 0.955 bits per heavy atom. The van der Waals surface area contributed by atoms with E-state index in [0.29, 0.717) is 0 Å². The standard InChI is InChI=1S/C18H22N2S2/c1-2-3-4-5-6-7-9-14-12-13-21-18(14)15-10-8-11-16-17(15)20-22-19-16/h8,10-13H,2-7,9H2,1H3. The summed E-state index contributed by atoms with van der Waals surface area (Å²) in [4.78, 5) is 1.38. The predicted molar refractivity (Wildman–Crippen MR) is 97.8 cm³/mol. The molecule has 0 N–H and O–H groups in total. The number of rotatable bonds is 8. The van der Waals surface area contributed by atoms with Crippen LogP contribution in [-0.2, 0) is 6.42 Å². The van der Waals surface area contributed by atoms with Gasteiger partial charge in [0.1, 0.15) is 11.0 Å². The van der Waals surface area contributed by atoms with Gasteiger partial charge in [0.25, 0.3) is 0 Å². The monoisotopic (exact) mass is 330 g/mol. The molecule has 3 aromatic rings. The maximum absolute atomic E-state index is 4.48. The molecule has 0 saturated heterocycles. The van der Waals surface area contributed by atoms with Gasteiger partial charge in [-0.25, -0.2) is 0 Å². The summed E-state index contributed by atoms with van der Waals surface area (Å²) in [7, 11) is 0. The van der Waals surface area contributed by atoms with Crippen molar-refractivity contribution in [1.82, 2.24) is 8.75 Å². The lowest BCUT2D eigenvalue weighted by Gasteiger charge is -2.05. The van der Waals surface area contributed by atoms with Crippen molar-refractivity contribution in [2.24, 2.45) is 0 Å². The summed E-state index contributed by atoms with van der Waals surface area (Å²) < 4.78 is 8.84. The van der Waals surface area contributed by atoms with Crippen LogP contribution in [-0.4, -0.2) is 8.75 Å². The number of benzene rings is 1. The SMILES string of the molecule is CCCCCCCCc1ccsc1-c1cccc2nsnc12. The molecule has 0 spiro atoms. The van der Waals surface area contributed by atoms with Gasteiger partial charge in [-0.3, -0.25) is 0 Å². The summed E-state index contributed by atoms with van der Waals surface area (Å²) in [5.41, 5.74) is 4.80. The first-order valence-electron chi connectivity index (χ1n) is 8.18. The smallest absolute Gasteiger partial charge is 0.113 e. The van der Waals surface area contributed by atoms with Gasteiger partial charge in [0.05, 0.1) is 11.7 Å². The molecule has 1 aromatic carbocycles. The Morgan fingerprint density at radius 2 is 1.82 bits per heavy atom. The summed E-state index contributed by atoms with van der Waals surface area (Å²) in [5.74, 6) is 0. The molecule has 0 unspecified atom stereocenters. The van der Waals surface area contributed by atoms with Crippen LogP contribution in [0.25, 0.3) is 21.5 Å². The fraction of sp³-hybridized carbons (Fsp3) is 0.444. The number of aromatic nitrogens is 2. The fourth-order valence-electron chi connectivity index (χ4n) is 2.85. The number of fused-ring (bicyclic) bond motifs is 1. The molecule has 4 heteroatoms. The van der Waals surface area contributed by atoms with Crippen molar-refractivity contribution in [2.45, 2.75) is 51.9 Å². The average Bonchev–Trinajstić information content (AvgIpc) is 3.19. The van der Waals surface area contributed by atoms with E-state index in [0.717, 1.165) is 11.0 Å². The van der Waals surface area contributed by atoms with E-state index in [1.54, 1.807) is 0 Å². The first-order chi connectivity index (χ1) is 10.9. The van der Waals surface area contributed by atoms with Gasteiger partial charge in [0.15, 0.2) is 0 Å². The molecule has 0 fully saturated rings. The van der Waals surface area contributed by atoms with Gasteiger partial charge in [-0.05, 0) is 35.9 Å². The molecular formula is C18H22N2S2. The lowest BCUT2D eigenvalue weighted by molar-refractivity contribution is 0.608. The third kappa shape index (κ3) is 3.55. The first kappa shape index (κ1) is 15.6. The Balaban J connectivity index is 1.68. The van der Waals surface area contributed by atoms with Crippen molar-refractivity contribution < 1.29 is 0 Å². The van der Waals surface area contributed by atoms with E-state index in [4.69, 9.17) is 0 Å². The second-order valence-corrected chi connectivity index (χ2v) is 7.17. The molecule has 3 rings (SSSR count). The zero-order valence-corrected chi connectivity index (χ0v) is 14.7. The van der Waals surface area contributed by atoms with E-state index in [1.165, 1.54) is 72.7 Å². The number of nitrogens with zero attached hydrogens (tertiary/aromatic N) is 2. The molecule has 2 heterocycles. The van der Waals surface area contributed by atoms with Crippen molar-refractivity contribution >= 4 is 34.1 Å². The summed E-state index contributed by atoms with van der Waals surface area (Å²) in [5, 5.41) is 2.21. The van der Waals surface area contributed by atoms with Gasteiger partial charge >= 0.3 is 0 Å². The molecule has 0 radical (unpaired) electrons. The van der Waals surface area contributed by atoms with Gasteiger partial charge in [0.2, 0.25) is 0 Å². The summed E-state index contributed by atoms with van der Waals surface area (Å²) in [6.07, 6.45) is 9.27. The summed E-state index contributed by atoms with van der Waals surface area (Å²) in [6.45, 7) is 2.27. The summed E-state index contributed by atoms with van der Waals surface area (Å²) >= 11 is 3.13. The Labute approximate surface area is 140 Å². The first-order valence-corrected chi connectivity index (χ1v) is 9.79. The third-order valence-electron chi connectivity index (χ3n) is 4.08. The molecule has 2 nitrogen and oxygen atoms in total. The van der Waals surface area contributed by atoms with Crippen LogP contribution in [0.15, 0.2) is 29.6 Å². The highest BCUT2D eigenvalue weighted by atomic mass is 32.1. The lowest BCUT2D eigenvalue weighted by Crippen LogP contribution is -1.88. The zero-order valence-electron chi connectivity index (χ0n) is 13.0. The van der Waals surface area contributed by atoms with Crippen LogP contribution in [0.4, 0.5) is 0 Å². The van der Waals surface area contributed by atoms with Gasteiger partial charge in [-0.2, -0.15) is 8.75 Å². The third-order valence-corrected chi connectivity index (χ3v) is 5.61. The van der Waals surface area contributed by atoms with Gasteiger partial charge < -0.3 is 0 Å². The molecule has 0 atom stereocenters. The Kier molecular flexibility index (Phi) is 5.57. The van der Waals surface area contributed by atoms with E-state index in [9.17, 15) is 0 Å². The van der Waals surface area contributed by atoms with Crippen molar-refractivity contribution in [2.75, 3.05) is 0 Å². The Hall–Kier alpha value is -1.26. The van der Waals surface area contributed by atoms with E-state index in [-0.39, 0.29) is 0 Å². The normalized spacial score (nSPS) is 11.3. The number of unbranched alkanes of at least 4 members (excludes halogenated alkanes) is 5. The molecule has 0 aliphatic heterocycles. The lowest BCUT2D eigenvalue weighted by atomic mass is 10.0. The molecule has 0 bridgehead atoms. The number of aryl methyl sites for hydroxylation is 1. The van der Waals surface area contributed by atoms with Crippen molar-refractivity contribution in [3.05, 3.63) is 35.2 Å². The van der Waals surface area contributed by atoms with Crippen molar-refractivity contribution in [1.29, 1.82) is 0 Å². The highest BCUT2D eigenvalue weighted by Crippen LogP contribution is 2.35. The van der Waals surface area contributed by atoms with E-state index < -0.39 is 0 Å². The van der Waals surface area contributed by atoms with Crippen LogP contribution < -0.4 is 0 Å². The number of hydrogen-bond donors (Lipinski definition) is 0. The maximum Gasteiger partial charge on any atom is 0.113 e. The molecular weight excluding hydrogens is 308 g/mol. The van der Waals surface area contributed by atoms with Crippen LogP contribution >= 0.6 is 23.1 Å². The van der Waals surface area contributed by atoms with Gasteiger partial charge in [0, 0.05) is 10.4 Å². The second kappa shape index (κ2) is 7.84. The number of thiophene rings is 1. The average molecular weight is 331 g/mol. The zero-order chi connectivity index (χ0) is 15.2. The van der Waals surface area contributed by atoms with Crippen LogP contribution in [0.3, 0.4) is 0 Å². The minimum Gasteiger partial charge on any atom is -0.173 e. The summed E-state index contributed by atoms with van der Waals surface area (Å²) in [6, 6.07) is 8.60. The Bertz CT molecular complexity index is 715. The largest absolute Gasteiger partial charge is 0.173 e. The van der Waals surface area contributed by atoms with Crippen LogP contribution in [0, 0.1) is 0 Å². The molecule has 0 saturated carbocycles. The van der Waals surface area contributed by atoms with Gasteiger partial charge in [-0.15, -0.1) is 11.3 Å². The molecule has 0 aliphatic rings. The molecule has 116 valence electrons. The molecule has 22 heavy (non-hydrogen) atoms. The maximum atomic E-state index is 4.48. The van der Waals surface area contributed by atoms with Crippen LogP contribution in [0.1, 0.15) is 51.0 Å². The predicted octanol–water partition coefficient (Wildman–Crippen LogP) is 6.32. The highest BCUT2D eigenvalue weighted by molar-refractivity contribution is 7.13. The Morgan fingerprint density at radius 3 is 2.73 bits per heavy atom. The highest BCUT2D eigenvalue weighted by Gasteiger charge is 2.12. The second-order valence-electron chi connectivity index (χ2n) is 5.73. The molecule has 0 aliphatic carbocycles. The molecule has 2 aromatic heterocycles. The minimum absolute atomic E-state index is 1.02. The number of hydrogen-bond acceptors (Lipinski definition) is 4. The van der Waals surface area contributed by atoms with Crippen LogP contribution in [0.2, 0.25) is 0 Å². The van der Waals surface area contributed by atoms with Crippen molar-refractivity contribution in [3.8, 4) is 10.4 Å². The fourth-order valence-corrected chi connectivity index (χ4v) is 4.39. The molecule has 0 amide bonds. The van der Waals surface area contributed by atoms with Crippen molar-refractivity contribution in [3.63, 3.8) is 0 Å².